The van der Waals surface area contributed by atoms with Gasteiger partial charge in [0.25, 0.3) is 0 Å². The Morgan fingerprint density at radius 1 is 1.30 bits per heavy atom. The second-order valence-electron chi connectivity index (χ2n) is 4.71. The molecule has 1 heterocycles. The molecular weight excluding hydrogens is 254 g/mol. The number of aliphatic hydroxyl groups is 1. The molecule has 1 aromatic carbocycles. The summed E-state index contributed by atoms with van der Waals surface area (Å²) in [6.45, 7) is 1.67. The van der Waals surface area contributed by atoms with Crippen LogP contribution in [0, 0.1) is 0 Å². The van der Waals surface area contributed by atoms with Crippen molar-refractivity contribution < 1.29 is 14.3 Å². The molecule has 4 nitrogen and oxygen atoms in total. The molecule has 0 aliphatic carbocycles. The zero-order valence-corrected chi connectivity index (χ0v) is 11.2. The van der Waals surface area contributed by atoms with Gasteiger partial charge in [0.2, 0.25) is 5.91 Å². The van der Waals surface area contributed by atoms with Crippen molar-refractivity contribution in [3.63, 3.8) is 0 Å². The molecule has 0 radical (unpaired) electrons. The van der Waals surface area contributed by atoms with Gasteiger partial charge in [-0.2, -0.15) is 0 Å². The van der Waals surface area contributed by atoms with Crippen LogP contribution < -0.4 is 5.32 Å². The van der Waals surface area contributed by atoms with Gasteiger partial charge in [-0.25, -0.2) is 0 Å². The third-order valence-electron chi connectivity index (χ3n) is 2.89. The van der Waals surface area contributed by atoms with Gasteiger partial charge in [-0.15, -0.1) is 0 Å². The number of carbonyl (C=O) groups excluding carboxylic acids is 1. The first-order valence-corrected chi connectivity index (χ1v) is 6.35. The fourth-order valence-corrected chi connectivity index (χ4v) is 1.73. The lowest BCUT2D eigenvalue weighted by Crippen LogP contribution is -2.37. The van der Waals surface area contributed by atoms with Crippen LogP contribution in [0.15, 0.2) is 59.2 Å². The molecule has 0 spiro atoms. The highest BCUT2D eigenvalue weighted by molar-refractivity contribution is 5.91. The van der Waals surface area contributed by atoms with E-state index in [1.54, 1.807) is 25.1 Å². The fourth-order valence-electron chi connectivity index (χ4n) is 1.73. The lowest BCUT2D eigenvalue weighted by Gasteiger charge is -2.20. The van der Waals surface area contributed by atoms with E-state index in [1.165, 1.54) is 12.3 Å². The molecule has 104 valence electrons. The largest absolute Gasteiger partial charge is 0.466 e. The summed E-state index contributed by atoms with van der Waals surface area (Å²) in [6, 6.07) is 12.9. The fraction of sp³-hybridized carbons (Fsp3) is 0.188. The molecule has 4 heteroatoms. The molecule has 2 rings (SSSR count). The number of furan rings is 1. The number of benzene rings is 1. The highest BCUT2D eigenvalue weighted by Crippen LogP contribution is 2.19. The van der Waals surface area contributed by atoms with E-state index >= 15 is 0 Å². The number of carbonyl (C=O) groups is 1. The van der Waals surface area contributed by atoms with Crippen molar-refractivity contribution in [3.8, 4) is 0 Å². The van der Waals surface area contributed by atoms with Gasteiger partial charge < -0.3 is 14.8 Å². The van der Waals surface area contributed by atoms with Gasteiger partial charge in [0.15, 0.2) is 0 Å². The molecular formula is C16H17NO3. The molecule has 0 saturated carbocycles. The summed E-state index contributed by atoms with van der Waals surface area (Å²) in [7, 11) is 0. The second kappa shape index (κ2) is 6.21. The SMILES string of the molecule is C[C@](O)(CNC(=O)/C=C/c1ccccc1)c1ccco1. The molecule has 2 N–H and O–H groups in total. The summed E-state index contributed by atoms with van der Waals surface area (Å²) >= 11 is 0. The van der Waals surface area contributed by atoms with Crippen molar-refractivity contribution in [3.05, 3.63) is 66.1 Å². The lowest BCUT2D eigenvalue weighted by atomic mass is 10.0. The summed E-state index contributed by atoms with van der Waals surface area (Å²) in [4.78, 5) is 11.7. The van der Waals surface area contributed by atoms with Crippen LogP contribution in [0.3, 0.4) is 0 Å². The predicted octanol–water partition coefficient (Wildman–Crippen LogP) is 2.32. The molecule has 1 amide bonds. The lowest BCUT2D eigenvalue weighted by molar-refractivity contribution is -0.117. The predicted molar refractivity (Wildman–Crippen MR) is 76.8 cm³/mol. The number of hydrogen-bond acceptors (Lipinski definition) is 3. The third kappa shape index (κ3) is 3.83. The number of hydrogen-bond donors (Lipinski definition) is 2. The summed E-state index contributed by atoms with van der Waals surface area (Å²) in [5.41, 5.74) is -0.278. The van der Waals surface area contributed by atoms with Crippen LogP contribution in [0.4, 0.5) is 0 Å². The van der Waals surface area contributed by atoms with E-state index in [1.807, 2.05) is 30.3 Å². The van der Waals surface area contributed by atoms with Crippen LogP contribution >= 0.6 is 0 Å². The van der Waals surface area contributed by atoms with Crippen LogP contribution in [0.25, 0.3) is 6.08 Å². The summed E-state index contributed by atoms with van der Waals surface area (Å²) in [5, 5.41) is 12.8. The molecule has 1 aromatic heterocycles. The summed E-state index contributed by atoms with van der Waals surface area (Å²) < 4.78 is 5.14. The summed E-state index contributed by atoms with van der Waals surface area (Å²) in [6.07, 6.45) is 4.64. The Kier molecular flexibility index (Phi) is 4.38. The maximum Gasteiger partial charge on any atom is 0.244 e. The van der Waals surface area contributed by atoms with Gasteiger partial charge in [-0.1, -0.05) is 30.3 Å². The Labute approximate surface area is 117 Å². The molecule has 0 aliphatic heterocycles. The number of rotatable bonds is 5. The number of nitrogens with one attached hydrogen (secondary N) is 1. The zero-order chi connectivity index (χ0) is 14.4. The topological polar surface area (TPSA) is 62.5 Å². The smallest absolute Gasteiger partial charge is 0.244 e. The Morgan fingerprint density at radius 3 is 2.70 bits per heavy atom. The Morgan fingerprint density at radius 2 is 2.05 bits per heavy atom. The average Bonchev–Trinajstić information content (AvgIpc) is 2.99. The van der Waals surface area contributed by atoms with E-state index in [0.29, 0.717) is 5.76 Å². The minimum absolute atomic E-state index is 0.0818. The Bertz CT molecular complexity index is 571. The van der Waals surface area contributed by atoms with Crippen molar-refractivity contribution >= 4 is 12.0 Å². The highest BCUT2D eigenvalue weighted by atomic mass is 16.4. The quantitative estimate of drug-likeness (QED) is 0.820. The van der Waals surface area contributed by atoms with Crippen molar-refractivity contribution in [2.75, 3.05) is 6.54 Å². The van der Waals surface area contributed by atoms with Gasteiger partial charge in [0.05, 0.1) is 12.8 Å². The van der Waals surface area contributed by atoms with E-state index < -0.39 is 5.60 Å². The van der Waals surface area contributed by atoms with Crippen LogP contribution in [0.5, 0.6) is 0 Å². The van der Waals surface area contributed by atoms with Gasteiger partial charge in [-0.3, -0.25) is 4.79 Å². The molecule has 0 saturated heterocycles. The first-order chi connectivity index (χ1) is 9.58. The van der Waals surface area contributed by atoms with Crippen molar-refractivity contribution in [1.82, 2.24) is 5.32 Å². The Balaban J connectivity index is 1.88. The van der Waals surface area contributed by atoms with Gasteiger partial charge in [-0.05, 0) is 30.7 Å². The Hall–Kier alpha value is -2.33. The van der Waals surface area contributed by atoms with Crippen LogP contribution in [0.2, 0.25) is 0 Å². The summed E-state index contributed by atoms with van der Waals surface area (Å²) in [5.74, 6) is 0.158. The van der Waals surface area contributed by atoms with E-state index in [9.17, 15) is 9.90 Å². The first-order valence-electron chi connectivity index (χ1n) is 6.35. The molecule has 2 aromatic rings. The molecule has 0 unspecified atom stereocenters. The standard InChI is InChI=1S/C16H17NO3/c1-16(19,14-8-5-11-20-14)12-17-15(18)10-9-13-6-3-2-4-7-13/h2-11,19H,12H2,1H3,(H,17,18)/b10-9+/t16-/m0/s1. The molecule has 0 fully saturated rings. The monoisotopic (exact) mass is 271 g/mol. The van der Waals surface area contributed by atoms with Crippen LogP contribution in [-0.2, 0) is 10.4 Å². The van der Waals surface area contributed by atoms with E-state index in [-0.39, 0.29) is 12.5 Å². The number of amides is 1. The van der Waals surface area contributed by atoms with Gasteiger partial charge in [0.1, 0.15) is 11.4 Å². The molecule has 1 atom stereocenters. The van der Waals surface area contributed by atoms with Crippen molar-refractivity contribution in [2.24, 2.45) is 0 Å². The second-order valence-corrected chi connectivity index (χ2v) is 4.71. The minimum atomic E-state index is -1.22. The minimum Gasteiger partial charge on any atom is -0.466 e. The van der Waals surface area contributed by atoms with Crippen molar-refractivity contribution in [2.45, 2.75) is 12.5 Å². The highest BCUT2D eigenvalue weighted by Gasteiger charge is 2.26. The van der Waals surface area contributed by atoms with Gasteiger partial charge in [0, 0.05) is 6.08 Å². The van der Waals surface area contributed by atoms with Crippen LogP contribution in [-0.4, -0.2) is 17.6 Å². The molecule has 0 aliphatic rings. The molecule has 20 heavy (non-hydrogen) atoms. The van der Waals surface area contributed by atoms with Crippen LogP contribution in [0.1, 0.15) is 18.2 Å². The van der Waals surface area contributed by atoms with Crippen molar-refractivity contribution in [1.29, 1.82) is 0 Å². The average molecular weight is 271 g/mol. The van der Waals surface area contributed by atoms with E-state index in [4.69, 9.17) is 4.42 Å². The normalized spacial score (nSPS) is 14.1. The zero-order valence-electron chi connectivity index (χ0n) is 11.2. The maximum atomic E-state index is 11.7. The third-order valence-corrected chi connectivity index (χ3v) is 2.89. The van der Waals surface area contributed by atoms with Gasteiger partial charge >= 0.3 is 0 Å². The maximum absolute atomic E-state index is 11.7. The molecule has 0 bridgehead atoms. The van der Waals surface area contributed by atoms with E-state index in [2.05, 4.69) is 5.32 Å². The van der Waals surface area contributed by atoms with E-state index in [0.717, 1.165) is 5.56 Å². The first kappa shape index (κ1) is 14.1.